The smallest absolute Gasteiger partial charge is 0.319 e. The average molecular weight is 379 g/mol. The Morgan fingerprint density at radius 2 is 1.79 bits per heavy atom. The summed E-state index contributed by atoms with van der Waals surface area (Å²) >= 11 is 0. The average Bonchev–Trinajstić information content (AvgIpc) is 3.22. The Kier molecular flexibility index (Phi) is 5.95. The van der Waals surface area contributed by atoms with E-state index in [1.165, 1.54) is 23.5 Å². The van der Waals surface area contributed by atoms with Gasteiger partial charge in [-0.05, 0) is 30.2 Å². The lowest BCUT2D eigenvalue weighted by Crippen LogP contribution is -2.48. The minimum atomic E-state index is -0.710. The molecule has 28 heavy (non-hydrogen) atoms. The SMILES string of the molecule is CC(C)[C@@H](NC(=O)Nc1ccccc1)C(=O)Nc1ccc(-n2cncn2)nc1. The molecule has 1 aromatic carbocycles. The number of hydrogen-bond donors (Lipinski definition) is 3. The van der Waals surface area contributed by atoms with Crippen LogP contribution in [0.1, 0.15) is 13.8 Å². The summed E-state index contributed by atoms with van der Waals surface area (Å²) in [6.45, 7) is 3.72. The molecule has 0 fully saturated rings. The first kappa shape index (κ1) is 19.0. The Hall–Kier alpha value is -3.75. The summed E-state index contributed by atoms with van der Waals surface area (Å²) in [4.78, 5) is 33.0. The van der Waals surface area contributed by atoms with Crippen molar-refractivity contribution in [1.29, 1.82) is 0 Å². The molecule has 2 aromatic heterocycles. The second-order valence-corrected chi connectivity index (χ2v) is 6.42. The van der Waals surface area contributed by atoms with Gasteiger partial charge < -0.3 is 16.0 Å². The van der Waals surface area contributed by atoms with Crippen LogP contribution in [0.25, 0.3) is 5.82 Å². The first-order chi connectivity index (χ1) is 13.5. The molecule has 0 bridgehead atoms. The zero-order valence-corrected chi connectivity index (χ0v) is 15.5. The summed E-state index contributed by atoms with van der Waals surface area (Å²) in [5, 5.41) is 12.2. The minimum Gasteiger partial charge on any atom is -0.326 e. The van der Waals surface area contributed by atoms with E-state index in [2.05, 4.69) is 31.0 Å². The Balaban J connectivity index is 1.62. The first-order valence-electron chi connectivity index (χ1n) is 8.77. The lowest BCUT2D eigenvalue weighted by atomic mass is 10.0. The van der Waals surface area contributed by atoms with E-state index in [4.69, 9.17) is 0 Å². The molecule has 3 amide bonds. The van der Waals surface area contributed by atoms with E-state index < -0.39 is 12.1 Å². The number of benzene rings is 1. The quantitative estimate of drug-likeness (QED) is 0.609. The van der Waals surface area contributed by atoms with Gasteiger partial charge in [0.05, 0.1) is 11.9 Å². The second-order valence-electron chi connectivity index (χ2n) is 6.42. The third-order valence-corrected chi connectivity index (χ3v) is 3.94. The largest absolute Gasteiger partial charge is 0.326 e. The van der Waals surface area contributed by atoms with Gasteiger partial charge in [-0.15, -0.1) is 0 Å². The van der Waals surface area contributed by atoms with Crippen molar-refractivity contribution >= 4 is 23.3 Å². The van der Waals surface area contributed by atoms with Gasteiger partial charge in [0.25, 0.3) is 0 Å². The highest BCUT2D eigenvalue weighted by molar-refractivity contribution is 5.99. The molecule has 0 aliphatic carbocycles. The van der Waals surface area contributed by atoms with Crippen LogP contribution < -0.4 is 16.0 Å². The molecule has 0 unspecified atom stereocenters. The zero-order chi connectivity index (χ0) is 19.9. The van der Waals surface area contributed by atoms with Gasteiger partial charge in [-0.2, -0.15) is 5.10 Å². The Morgan fingerprint density at radius 1 is 1.00 bits per heavy atom. The van der Waals surface area contributed by atoms with Crippen molar-refractivity contribution in [2.75, 3.05) is 10.6 Å². The summed E-state index contributed by atoms with van der Waals surface area (Å²) in [5.41, 5.74) is 1.17. The number of amides is 3. The van der Waals surface area contributed by atoms with Crippen LogP contribution >= 0.6 is 0 Å². The molecule has 0 saturated carbocycles. The maximum absolute atomic E-state index is 12.6. The fourth-order valence-corrected chi connectivity index (χ4v) is 2.51. The molecular weight excluding hydrogens is 358 g/mol. The zero-order valence-electron chi connectivity index (χ0n) is 15.5. The van der Waals surface area contributed by atoms with Crippen molar-refractivity contribution in [3.05, 3.63) is 61.3 Å². The maximum Gasteiger partial charge on any atom is 0.319 e. The number of rotatable bonds is 6. The molecule has 2 heterocycles. The van der Waals surface area contributed by atoms with Crippen LogP contribution in [0.2, 0.25) is 0 Å². The topological polar surface area (TPSA) is 114 Å². The van der Waals surface area contributed by atoms with Gasteiger partial charge >= 0.3 is 6.03 Å². The van der Waals surface area contributed by atoms with Crippen LogP contribution in [0.5, 0.6) is 0 Å². The summed E-state index contributed by atoms with van der Waals surface area (Å²) in [7, 11) is 0. The molecule has 0 saturated heterocycles. The summed E-state index contributed by atoms with van der Waals surface area (Å²) in [6.07, 6.45) is 4.47. The number of nitrogens with one attached hydrogen (secondary N) is 3. The molecule has 0 spiro atoms. The van der Waals surface area contributed by atoms with E-state index >= 15 is 0 Å². The highest BCUT2D eigenvalue weighted by atomic mass is 16.2. The van der Waals surface area contributed by atoms with Crippen LogP contribution in [0.4, 0.5) is 16.2 Å². The molecule has 144 valence electrons. The van der Waals surface area contributed by atoms with Crippen LogP contribution in [0, 0.1) is 5.92 Å². The summed E-state index contributed by atoms with van der Waals surface area (Å²) in [5.74, 6) is 0.147. The van der Waals surface area contributed by atoms with Gasteiger partial charge in [0, 0.05) is 5.69 Å². The van der Waals surface area contributed by atoms with Gasteiger partial charge in [0.15, 0.2) is 5.82 Å². The van der Waals surface area contributed by atoms with E-state index in [0.29, 0.717) is 17.2 Å². The molecule has 3 aromatic rings. The van der Waals surface area contributed by atoms with E-state index in [1.54, 1.807) is 24.3 Å². The van der Waals surface area contributed by atoms with Crippen LogP contribution in [-0.4, -0.2) is 37.7 Å². The first-order valence-corrected chi connectivity index (χ1v) is 8.77. The molecule has 3 N–H and O–H groups in total. The molecule has 0 radical (unpaired) electrons. The molecule has 3 rings (SSSR count). The minimum absolute atomic E-state index is 0.107. The number of nitrogens with zero attached hydrogens (tertiary/aromatic N) is 4. The van der Waals surface area contributed by atoms with Gasteiger partial charge in [-0.3, -0.25) is 4.79 Å². The molecule has 0 aliphatic rings. The van der Waals surface area contributed by atoms with Crippen molar-refractivity contribution < 1.29 is 9.59 Å². The predicted molar refractivity (Wildman–Crippen MR) is 105 cm³/mol. The number of anilines is 2. The van der Waals surface area contributed by atoms with E-state index in [9.17, 15) is 9.59 Å². The standard InChI is InChI=1S/C19H21N7O2/c1-13(2)17(25-19(28)24-14-6-4-3-5-7-14)18(27)23-15-8-9-16(21-10-15)26-12-20-11-22-26/h3-13,17H,1-2H3,(H,23,27)(H2,24,25,28)/t17-/m1/s1. The van der Waals surface area contributed by atoms with Gasteiger partial charge in [0.2, 0.25) is 5.91 Å². The number of carbonyl (C=O) groups is 2. The fourth-order valence-electron chi connectivity index (χ4n) is 2.51. The Morgan fingerprint density at radius 3 is 2.39 bits per heavy atom. The predicted octanol–water partition coefficient (Wildman–Crippen LogP) is 2.45. The summed E-state index contributed by atoms with van der Waals surface area (Å²) < 4.78 is 1.51. The number of urea groups is 1. The Bertz CT molecular complexity index is 909. The lowest BCUT2D eigenvalue weighted by Gasteiger charge is -2.22. The highest BCUT2D eigenvalue weighted by Gasteiger charge is 2.24. The monoisotopic (exact) mass is 379 g/mol. The van der Waals surface area contributed by atoms with Gasteiger partial charge in [-0.25, -0.2) is 19.4 Å². The maximum atomic E-state index is 12.6. The Labute approximate surface area is 162 Å². The summed E-state index contributed by atoms with van der Waals surface area (Å²) in [6, 6.07) is 11.3. The number of para-hydroxylation sites is 1. The fraction of sp³-hybridized carbons (Fsp3) is 0.211. The van der Waals surface area contributed by atoms with Crippen LogP contribution in [0.3, 0.4) is 0 Å². The van der Waals surface area contributed by atoms with Crippen molar-refractivity contribution in [3.63, 3.8) is 0 Å². The van der Waals surface area contributed by atoms with Crippen molar-refractivity contribution in [2.45, 2.75) is 19.9 Å². The van der Waals surface area contributed by atoms with Gasteiger partial charge in [-0.1, -0.05) is 32.0 Å². The molecule has 9 nitrogen and oxygen atoms in total. The molecule has 1 atom stereocenters. The van der Waals surface area contributed by atoms with Crippen molar-refractivity contribution in [2.24, 2.45) is 5.92 Å². The number of hydrogen-bond acceptors (Lipinski definition) is 5. The molecule has 0 aliphatic heterocycles. The molecular formula is C19H21N7O2. The van der Waals surface area contributed by atoms with Crippen LogP contribution in [-0.2, 0) is 4.79 Å². The van der Waals surface area contributed by atoms with E-state index in [1.807, 2.05) is 32.0 Å². The highest BCUT2D eigenvalue weighted by Crippen LogP contribution is 2.12. The van der Waals surface area contributed by atoms with Gasteiger partial charge in [0.1, 0.15) is 18.7 Å². The lowest BCUT2D eigenvalue weighted by molar-refractivity contribution is -0.118. The van der Waals surface area contributed by atoms with E-state index in [0.717, 1.165) is 0 Å². The second kappa shape index (κ2) is 8.76. The normalized spacial score (nSPS) is 11.7. The van der Waals surface area contributed by atoms with Crippen molar-refractivity contribution in [1.82, 2.24) is 25.1 Å². The molecule has 9 heteroatoms. The van der Waals surface area contributed by atoms with E-state index in [-0.39, 0.29) is 11.8 Å². The van der Waals surface area contributed by atoms with Crippen LogP contribution in [0.15, 0.2) is 61.3 Å². The van der Waals surface area contributed by atoms with Crippen molar-refractivity contribution in [3.8, 4) is 5.82 Å². The third kappa shape index (κ3) is 4.91. The number of carbonyl (C=O) groups excluding carboxylic acids is 2. The number of aromatic nitrogens is 4. The number of pyridine rings is 1. The third-order valence-electron chi connectivity index (χ3n) is 3.94.